The van der Waals surface area contributed by atoms with Gasteiger partial charge >= 0.3 is 0 Å². The van der Waals surface area contributed by atoms with Crippen LogP contribution >= 0.6 is 0 Å². The van der Waals surface area contributed by atoms with Crippen LogP contribution in [0.15, 0.2) is 16.7 Å². The molecular weight excluding hydrogens is 194 g/mol. The van der Waals surface area contributed by atoms with Gasteiger partial charge in [-0.05, 0) is 13.0 Å². The Morgan fingerprint density at radius 1 is 1.60 bits per heavy atom. The van der Waals surface area contributed by atoms with E-state index in [1.54, 1.807) is 13.0 Å². The highest BCUT2D eigenvalue weighted by molar-refractivity contribution is 5.93. The largest absolute Gasteiger partial charge is 0.469 e. The van der Waals surface area contributed by atoms with Gasteiger partial charge in [0.2, 0.25) is 0 Å². The SMILES string of the molecule is Cc1cc(C(=O)NCC(C)(C)CO)co1. The van der Waals surface area contributed by atoms with Gasteiger partial charge in [-0.15, -0.1) is 0 Å². The summed E-state index contributed by atoms with van der Waals surface area (Å²) in [4.78, 5) is 11.6. The third kappa shape index (κ3) is 3.40. The van der Waals surface area contributed by atoms with Crippen molar-refractivity contribution in [3.8, 4) is 0 Å². The van der Waals surface area contributed by atoms with Gasteiger partial charge in [0, 0.05) is 18.6 Å². The molecule has 0 radical (unpaired) electrons. The van der Waals surface area contributed by atoms with Crippen LogP contribution in [0, 0.1) is 12.3 Å². The molecule has 0 aliphatic heterocycles. The zero-order valence-electron chi connectivity index (χ0n) is 9.33. The molecule has 0 fully saturated rings. The van der Waals surface area contributed by atoms with E-state index in [1.165, 1.54) is 6.26 Å². The van der Waals surface area contributed by atoms with Crippen LogP contribution in [-0.2, 0) is 0 Å². The number of rotatable bonds is 4. The molecule has 1 heterocycles. The first kappa shape index (κ1) is 11.8. The third-order valence-electron chi connectivity index (χ3n) is 2.15. The minimum absolute atomic E-state index is 0.0394. The summed E-state index contributed by atoms with van der Waals surface area (Å²) in [7, 11) is 0. The molecule has 0 bridgehead atoms. The Balaban J connectivity index is 2.50. The molecule has 0 spiro atoms. The van der Waals surface area contributed by atoms with Crippen molar-refractivity contribution in [2.75, 3.05) is 13.2 Å². The second kappa shape index (κ2) is 4.49. The van der Waals surface area contributed by atoms with Crippen LogP contribution < -0.4 is 5.32 Å². The maximum absolute atomic E-state index is 11.6. The minimum Gasteiger partial charge on any atom is -0.469 e. The van der Waals surface area contributed by atoms with E-state index < -0.39 is 0 Å². The number of furan rings is 1. The Labute approximate surface area is 89.3 Å². The van der Waals surface area contributed by atoms with E-state index in [2.05, 4.69) is 5.32 Å². The molecule has 0 aliphatic rings. The second-order valence-corrected chi connectivity index (χ2v) is 4.45. The lowest BCUT2D eigenvalue weighted by Gasteiger charge is -2.21. The highest BCUT2D eigenvalue weighted by Gasteiger charge is 2.18. The fourth-order valence-corrected chi connectivity index (χ4v) is 1.04. The smallest absolute Gasteiger partial charge is 0.254 e. The molecule has 0 aromatic carbocycles. The van der Waals surface area contributed by atoms with Crippen molar-refractivity contribution >= 4 is 5.91 Å². The number of hydrogen-bond donors (Lipinski definition) is 2. The molecule has 15 heavy (non-hydrogen) atoms. The molecule has 4 heteroatoms. The van der Waals surface area contributed by atoms with Crippen molar-refractivity contribution in [2.24, 2.45) is 5.41 Å². The highest BCUT2D eigenvalue weighted by Crippen LogP contribution is 2.12. The zero-order valence-corrected chi connectivity index (χ0v) is 9.33. The van der Waals surface area contributed by atoms with Crippen molar-refractivity contribution in [1.82, 2.24) is 5.32 Å². The summed E-state index contributed by atoms with van der Waals surface area (Å²) in [6, 6.07) is 1.68. The highest BCUT2D eigenvalue weighted by atomic mass is 16.3. The Bertz CT molecular complexity index is 341. The number of carbonyl (C=O) groups is 1. The average molecular weight is 211 g/mol. The molecule has 0 unspecified atom stereocenters. The summed E-state index contributed by atoms with van der Waals surface area (Å²) in [5, 5.41) is 11.8. The second-order valence-electron chi connectivity index (χ2n) is 4.45. The fourth-order valence-electron chi connectivity index (χ4n) is 1.04. The van der Waals surface area contributed by atoms with Gasteiger partial charge in [-0.2, -0.15) is 0 Å². The number of aliphatic hydroxyl groups is 1. The average Bonchev–Trinajstić information content (AvgIpc) is 2.61. The van der Waals surface area contributed by atoms with Gasteiger partial charge in [0.05, 0.1) is 5.56 Å². The molecule has 1 aromatic rings. The van der Waals surface area contributed by atoms with Crippen LogP contribution in [0.3, 0.4) is 0 Å². The first-order valence-corrected chi connectivity index (χ1v) is 4.89. The summed E-state index contributed by atoms with van der Waals surface area (Å²) in [6.07, 6.45) is 1.43. The molecule has 1 amide bonds. The van der Waals surface area contributed by atoms with E-state index in [0.717, 1.165) is 0 Å². The van der Waals surface area contributed by atoms with E-state index in [4.69, 9.17) is 9.52 Å². The number of carbonyl (C=O) groups excluding carboxylic acids is 1. The standard InChI is InChI=1S/C11H17NO3/c1-8-4-9(5-15-8)10(14)12-6-11(2,3)7-13/h4-5,13H,6-7H2,1-3H3,(H,12,14). The van der Waals surface area contributed by atoms with Gasteiger partial charge in [0.25, 0.3) is 5.91 Å². The molecule has 0 saturated heterocycles. The monoisotopic (exact) mass is 211 g/mol. The molecule has 1 rings (SSSR count). The van der Waals surface area contributed by atoms with Crippen LogP contribution in [-0.4, -0.2) is 24.2 Å². The van der Waals surface area contributed by atoms with Gasteiger partial charge in [-0.25, -0.2) is 0 Å². The number of amides is 1. The van der Waals surface area contributed by atoms with E-state index in [0.29, 0.717) is 17.9 Å². The van der Waals surface area contributed by atoms with Gasteiger partial charge in [-0.3, -0.25) is 4.79 Å². The minimum atomic E-state index is -0.297. The lowest BCUT2D eigenvalue weighted by atomic mass is 9.95. The zero-order chi connectivity index (χ0) is 11.5. The summed E-state index contributed by atoms with van der Waals surface area (Å²) in [5.74, 6) is 0.537. The quantitative estimate of drug-likeness (QED) is 0.790. The van der Waals surface area contributed by atoms with Crippen LogP contribution in [0.25, 0.3) is 0 Å². The van der Waals surface area contributed by atoms with Gasteiger partial charge in [0.1, 0.15) is 12.0 Å². The molecule has 2 N–H and O–H groups in total. The van der Waals surface area contributed by atoms with Crippen molar-refractivity contribution in [3.05, 3.63) is 23.7 Å². The van der Waals surface area contributed by atoms with E-state index in [9.17, 15) is 4.79 Å². The lowest BCUT2D eigenvalue weighted by molar-refractivity contribution is 0.0910. The van der Waals surface area contributed by atoms with Crippen LogP contribution in [0.2, 0.25) is 0 Å². The maximum atomic E-state index is 11.6. The predicted molar refractivity (Wildman–Crippen MR) is 56.6 cm³/mol. The number of hydrogen-bond acceptors (Lipinski definition) is 3. The Hall–Kier alpha value is -1.29. The topological polar surface area (TPSA) is 62.5 Å². The Morgan fingerprint density at radius 3 is 2.73 bits per heavy atom. The van der Waals surface area contributed by atoms with Crippen LogP contribution in [0.1, 0.15) is 30.0 Å². The normalized spacial score (nSPS) is 11.5. The summed E-state index contributed by atoms with van der Waals surface area (Å²) in [5.41, 5.74) is 0.218. The molecule has 1 aromatic heterocycles. The first-order chi connectivity index (χ1) is 6.94. The molecule has 84 valence electrons. The number of nitrogens with one attached hydrogen (secondary N) is 1. The van der Waals surface area contributed by atoms with Crippen molar-refractivity contribution in [3.63, 3.8) is 0 Å². The molecule has 4 nitrogen and oxygen atoms in total. The first-order valence-electron chi connectivity index (χ1n) is 4.89. The van der Waals surface area contributed by atoms with E-state index in [-0.39, 0.29) is 17.9 Å². The molecular formula is C11H17NO3. The fraction of sp³-hybridized carbons (Fsp3) is 0.545. The molecule has 0 saturated carbocycles. The van der Waals surface area contributed by atoms with E-state index >= 15 is 0 Å². The molecule has 0 aliphatic carbocycles. The van der Waals surface area contributed by atoms with Gasteiger partial charge in [-0.1, -0.05) is 13.8 Å². The predicted octanol–water partition coefficient (Wildman–Crippen LogP) is 1.34. The van der Waals surface area contributed by atoms with Crippen LogP contribution in [0.4, 0.5) is 0 Å². The lowest BCUT2D eigenvalue weighted by Crippen LogP contribution is -2.35. The number of aliphatic hydroxyl groups excluding tert-OH is 1. The Kier molecular flexibility index (Phi) is 3.52. The molecule has 0 atom stereocenters. The van der Waals surface area contributed by atoms with Crippen molar-refractivity contribution in [1.29, 1.82) is 0 Å². The summed E-state index contributed by atoms with van der Waals surface area (Å²) in [6.45, 7) is 6.03. The van der Waals surface area contributed by atoms with Crippen molar-refractivity contribution < 1.29 is 14.3 Å². The van der Waals surface area contributed by atoms with Crippen LogP contribution in [0.5, 0.6) is 0 Å². The van der Waals surface area contributed by atoms with Crippen molar-refractivity contribution in [2.45, 2.75) is 20.8 Å². The summed E-state index contributed by atoms with van der Waals surface area (Å²) < 4.78 is 5.03. The van der Waals surface area contributed by atoms with Gasteiger partial charge in [0.15, 0.2) is 0 Å². The van der Waals surface area contributed by atoms with E-state index in [1.807, 2.05) is 13.8 Å². The third-order valence-corrected chi connectivity index (χ3v) is 2.15. The number of aryl methyl sites for hydroxylation is 1. The summed E-state index contributed by atoms with van der Waals surface area (Å²) >= 11 is 0. The van der Waals surface area contributed by atoms with Gasteiger partial charge < -0.3 is 14.8 Å². The maximum Gasteiger partial charge on any atom is 0.254 e. The Morgan fingerprint density at radius 2 is 2.27 bits per heavy atom.